The van der Waals surface area contributed by atoms with Gasteiger partial charge in [-0.3, -0.25) is 9.59 Å². The van der Waals surface area contributed by atoms with E-state index in [1.807, 2.05) is 38.1 Å². The molecule has 2 aromatic carbocycles. The van der Waals surface area contributed by atoms with Gasteiger partial charge < -0.3 is 19.4 Å². The summed E-state index contributed by atoms with van der Waals surface area (Å²) in [5, 5.41) is 1.08. The average molecular weight is 495 g/mol. The Morgan fingerprint density at radius 1 is 0.676 bits per heavy atom. The van der Waals surface area contributed by atoms with Crippen LogP contribution in [0.15, 0.2) is 46.5 Å². The molecule has 0 saturated heterocycles. The number of fused-ring (bicyclic) bond motifs is 2. The molecule has 5 rings (SSSR count). The number of methoxy groups -OCH3 is 2. The van der Waals surface area contributed by atoms with Gasteiger partial charge in [-0.1, -0.05) is 23.2 Å². The molecule has 0 unspecified atom stereocenters. The number of benzene rings is 2. The molecule has 0 saturated carbocycles. The summed E-state index contributed by atoms with van der Waals surface area (Å²) >= 11 is 13.3. The average Bonchev–Trinajstić information content (AvgIpc) is 3.33. The van der Waals surface area contributed by atoms with E-state index in [1.54, 1.807) is 26.4 Å². The Hall–Kier alpha value is -3.48. The highest BCUT2D eigenvalue weighted by Crippen LogP contribution is 2.44. The van der Waals surface area contributed by atoms with Crippen LogP contribution in [-0.2, 0) is 9.59 Å². The zero-order valence-electron chi connectivity index (χ0n) is 18.9. The summed E-state index contributed by atoms with van der Waals surface area (Å²) < 4.78 is 10.7. The Balaban J connectivity index is 1.74. The van der Waals surface area contributed by atoms with Gasteiger partial charge in [0.1, 0.15) is 21.6 Å². The SMILES string of the molecule is COc1ccc2[nH]c(C)c(C3=C(Cl)C(=O)C(c4c(C)[nH]c5ccc(OC)cc45)=C(Cl)C3=O)c2c1. The third kappa shape index (κ3) is 3.17. The second kappa shape index (κ2) is 8.08. The van der Waals surface area contributed by atoms with Crippen molar-refractivity contribution in [2.75, 3.05) is 14.2 Å². The highest BCUT2D eigenvalue weighted by Gasteiger charge is 2.37. The van der Waals surface area contributed by atoms with Crippen LogP contribution in [0.25, 0.3) is 33.0 Å². The molecule has 2 aromatic heterocycles. The van der Waals surface area contributed by atoms with E-state index >= 15 is 0 Å². The number of carbonyl (C=O) groups is 2. The molecule has 2 heterocycles. The molecule has 0 amide bonds. The van der Waals surface area contributed by atoms with Crippen molar-refractivity contribution in [1.29, 1.82) is 0 Å². The molecule has 0 atom stereocenters. The van der Waals surface area contributed by atoms with Crippen LogP contribution < -0.4 is 9.47 Å². The number of Topliss-reactive ketones (excluding diaryl/α,β-unsaturated/α-hetero) is 2. The largest absolute Gasteiger partial charge is 0.497 e. The Bertz CT molecular complexity index is 1480. The number of halogens is 2. The zero-order valence-corrected chi connectivity index (χ0v) is 20.4. The number of aryl methyl sites for hydroxylation is 2. The number of aromatic nitrogens is 2. The van der Waals surface area contributed by atoms with Gasteiger partial charge in [0.2, 0.25) is 11.6 Å². The number of ether oxygens (including phenoxy) is 2. The van der Waals surface area contributed by atoms with E-state index in [4.69, 9.17) is 32.7 Å². The molecular weight excluding hydrogens is 475 g/mol. The standard InChI is InChI=1S/C26H20Cl2N2O4/c1-11-19(15-9-13(33-3)5-7-17(15)29-11)21-23(27)26(32)22(24(28)25(21)31)20-12(2)30-18-8-6-14(34-4)10-16(18)20/h5-10,29-30H,1-4H3. The lowest BCUT2D eigenvalue weighted by atomic mass is 9.86. The van der Waals surface area contributed by atoms with Crippen molar-refractivity contribution in [3.8, 4) is 11.5 Å². The van der Waals surface area contributed by atoms with Crippen molar-refractivity contribution in [3.05, 3.63) is 69.0 Å². The van der Waals surface area contributed by atoms with E-state index in [1.165, 1.54) is 0 Å². The summed E-state index contributed by atoms with van der Waals surface area (Å²) in [6, 6.07) is 10.9. The Labute approximate surface area is 205 Å². The summed E-state index contributed by atoms with van der Waals surface area (Å²) in [5.41, 5.74) is 4.18. The van der Waals surface area contributed by atoms with Crippen LogP contribution in [0.4, 0.5) is 0 Å². The first-order valence-electron chi connectivity index (χ1n) is 10.5. The number of H-pyrrole nitrogens is 2. The quantitative estimate of drug-likeness (QED) is 0.339. The second-order valence-corrected chi connectivity index (χ2v) is 8.87. The monoisotopic (exact) mass is 494 g/mol. The van der Waals surface area contributed by atoms with Gasteiger partial charge in [0.05, 0.1) is 25.4 Å². The van der Waals surface area contributed by atoms with Crippen molar-refractivity contribution in [3.63, 3.8) is 0 Å². The Morgan fingerprint density at radius 3 is 1.41 bits per heavy atom. The van der Waals surface area contributed by atoms with Crippen LogP contribution in [0.3, 0.4) is 0 Å². The third-order valence-corrected chi connectivity index (χ3v) is 6.90. The predicted octanol–water partition coefficient (Wildman–Crippen LogP) is 6.04. The highest BCUT2D eigenvalue weighted by molar-refractivity contribution is 6.68. The molecule has 172 valence electrons. The van der Waals surface area contributed by atoms with Gasteiger partial charge >= 0.3 is 0 Å². The number of hydrogen-bond donors (Lipinski definition) is 2. The van der Waals surface area contributed by atoms with Gasteiger partial charge in [-0.15, -0.1) is 0 Å². The summed E-state index contributed by atoms with van der Waals surface area (Å²) in [6.45, 7) is 3.64. The summed E-state index contributed by atoms with van der Waals surface area (Å²) in [7, 11) is 3.12. The molecule has 0 spiro atoms. The first kappa shape index (κ1) is 22.3. The maximum absolute atomic E-state index is 13.6. The molecule has 1 aliphatic carbocycles. The number of nitrogens with one attached hydrogen (secondary N) is 2. The van der Waals surface area contributed by atoms with Crippen molar-refractivity contribution >= 4 is 67.7 Å². The Kier molecular flexibility index (Phi) is 5.30. The van der Waals surface area contributed by atoms with E-state index < -0.39 is 11.6 Å². The van der Waals surface area contributed by atoms with Crippen molar-refractivity contribution < 1.29 is 19.1 Å². The van der Waals surface area contributed by atoms with E-state index in [-0.39, 0.29) is 21.2 Å². The van der Waals surface area contributed by atoms with E-state index in [2.05, 4.69) is 9.97 Å². The molecule has 2 N–H and O–H groups in total. The molecule has 8 heteroatoms. The highest BCUT2D eigenvalue weighted by atomic mass is 35.5. The minimum atomic E-state index is -0.510. The summed E-state index contributed by atoms with van der Waals surface area (Å²) in [4.78, 5) is 33.8. The number of allylic oxidation sites excluding steroid dienone is 4. The molecule has 0 radical (unpaired) electrons. The smallest absolute Gasteiger partial charge is 0.207 e. The minimum Gasteiger partial charge on any atom is -0.497 e. The van der Waals surface area contributed by atoms with Gasteiger partial charge in [-0.25, -0.2) is 0 Å². The van der Waals surface area contributed by atoms with Crippen LogP contribution in [0.1, 0.15) is 22.5 Å². The minimum absolute atomic E-state index is 0.0764. The maximum Gasteiger partial charge on any atom is 0.207 e. The molecule has 1 aliphatic rings. The number of carbonyl (C=O) groups excluding carboxylic acids is 2. The van der Waals surface area contributed by atoms with Gasteiger partial charge in [-0.05, 0) is 50.2 Å². The van der Waals surface area contributed by atoms with Gasteiger partial charge in [-0.2, -0.15) is 0 Å². The molecule has 0 aliphatic heterocycles. The summed E-state index contributed by atoms with van der Waals surface area (Å²) in [6.07, 6.45) is 0. The van der Waals surface area contributed by atoms with Crippen LogP contribution in [-0.4, -0.2) is 35.8 Å². The fraction of sp³-hybridized carbons (Fsp3) is 0.154. The molecule has 34 heavy (non-hydrogen) atoms. The fourth-order valence-corrected chi connectivity index (χ4v) is 5.15. The van der Waals surface area contributed by atoms with Crippen LogP contribution >= 0.6 is 23.2 Å². The number of hydrogen-bond acceptors (Lipinski definition) is 4. The van der Waals surface area contributed by atoms with Crippen molar-refractivity contribution in [2.45, 2.75) is 13.8 Å². The van der Waals surface area contributed by atoms with Crippen LogP contribution in [0.2, 0.25) is 0 Å². The first-order chi connectivity index (χ1) is 16.3. The van der Waals surface area contributed by atoms with Crippen molar-refractivity contribution in [2.24, 2.45) is 0 Å². The van der Waals surface area contributed by atoms with Crippen LogP contribution in [0, 0.1) is 13.8 Å². The topological polar surface area (TPSA) is 84.2 Å². The van der Waals surface area contributed by atoms with Gasteiger partial charge in [0.15, 0.2) is 0 Å². The molecule has 0 fully saturated rings. The predicted molar refractivity (Wildman–Crippen MR) is 135 cm³/mol. The zero-order chi connectivity index (χ0) is 24.3. The molecule has 4 aromatic rings. The number of ketones is 2. The van der Waals surface area contributed by atoms with Gasteiger partial charge in [0.25, 0.3) is 0 Å². The second-order valence-electron chi connectivity index (χ2n) is 8.11. The number of rotatable bonds is 4. The normalized spacial score (nSPS) is 14.6. The fourth-order valence-electron chi connectivity index (χ4n) is 4.60. The van der Waals surface area contributed by atoms with E-state index in [0.717, 1.165) is 11.0 Å². The molecule has 0 bridgehead atoms. The Morgan fingerprint density at radius 2 is 1.06 bits per heavy atom. The summed E-state index contributed by atoms with van der Waals surface area (Å²) in [5.74, 6) is 0.212. The lowest BCUT2D eigenvalue weighted by Crippen LogP contribution is -2.19. The number of aromatic amines is 2. The van der Waals surface area contributed by atoms with Gasteiger partial charge in [0, 0.05) is 44.3 Å². The van der Waals surface area contributed by atoms with Crippen molar-refractivity contribution in [1.82, 2.24) is 9.97 Å². The third-order valence-electron chi connectivity index (χ3n) is 6.18. The van der Waals surface area contributed by atoms with E-state index in [9.17, 15) is 9.59 Å². The maximum atomic E-state index is 13.6. The lowest BCUT2D eigenvalue weighted by Gasteiger charge is -2.19. The van der Waals surface area contributed by atoms with Crippen LogP contribution in [0.5, 0.6) is 11.5 Å². The lowest BCUT2D eigenvalue weighted by molar-refractivity contribution is -0.113. The van der Waals surface area contributed by atoms with E-state index in [0.29, 0.717) is 44.8 Å². The molecule has 6 nitrogen and oxygen atoms in total. The first-order valence-corrected chi connectivity index (χ1v) is 11.2. The molecular formula is C26H20Cl2N2O4.